The average molecular weight is 819 g/mol. The Bertz CT molecular complexity index is 2220. The topological polar surface area (TPSA) is 171 Å². The molecule has 8 rings (SSSR count). The van der Waals surface area contributed by atoms with E-state index in [0.29, 0.717) is 56.3 Å². The number of anilines is 2. The van der Waals surface area contributed by atoms with Crippen molar-refractivity contribution in [1.29, 1.82) is 0 Å². The Kier molecular flexibility index (Phi) is 11.2. The zero-order valence-corrected chi connectivity index (χ0v) is 35.1. The summed E-state index contributed by atoms with van der Waals surface area (Å²) < 4.78 is 16.8. The summed E-state index contributed by atoms with van der Waals surface area (Å²) in [6.07, 6.45) is 4.11. The van der Waals surface area contributed by atoms with E-state index in [0.717, 1.165) is 34.6 Å². The molecule has 3 N–H and O–H groups in total. The molecular formula is C45H54N8O7. The number of H-pyrrole nitrogens is 1. The Morgan fingerprint density at radius 2 is 1.55 bits per heavy atom. The maximum atomic E-state index is 13.9. The smallest absolute Gasteiger partial charge is 0.407 e. The predicted octanol–water partition coefficient (Wildman–Crippen LogP) is 5.87. The number of aromatic nitrogens is 3. The number of likely N-dealkylation sites (tertiary alicyclic amines) is 1. The first kappa shape index (κ1) is 41.0. The van der Waals surface area contributed by atoms with Crippen molar-refractivity contribution in [3.05, 3.63) is 84.4 Å². The number of alkyl carbamates (subject to hydrolysis) is 1. The van der Waals surface area contributed by atoms with Crippen molar-refractivity contribution in [3.8, 4) is 22.4 Å². The summed E-state index contributed by atoms with van der Waals surface area (Å²) in [5, 5.41) is 5.65. The van der Waals surface area contributed by atoms with Crippen LogP contribution >= 0.6 is 0 Å². The van der Waals surface area contributed by atoms with Gasteiger partial charge in [-0.15, -0.1) is 0 Å². The van der Waals surface area contributed by atoms with E-state index in [1.165, 1.54) is 7.11 Å². The van der Waals surface area contributed by atoms with Crippen LogP contribution in [0.3, 0.4) is 0 Å². The van der Waals surface area contributed by atoms with Gasteiger partial charge >= 0.3 is 6.09 Å². The van der Waals surface area contributed by atoms with Gasteiger partial charge in [-0.2, -0.15) is 0 Å². The van der Waals surface area contributed by atoms with Crippen molar-refractivity contribution < 1.29 is 33.4 Å². The fourth-order valence-electron chi connectivity index (χ4n) is 8.65. The van der Waals surface area contributed by atoms with Gasteiger partial charge in [0.25, 0.3) is 5.91 Å². The summed E-state index contributed by atoms with van der Waals surface area (Å²) in [5.41, 5.74) is 4.86. The molecule has 2 aromatic heterocycles. The second-order valence-electron chi connectivity index (χ2n) is 17.4. The number of rotatable bonds is 10. The molecule has 15 heteroatoms. The maximum Gasteiger partial charge on any atom is 0.407 e. The van der Waals surface area contributed by atoms with Crippen LogP contribution in [0, 0.1) is 17.3 Å². The monoisotopic (exact) mass is 818 g/mol. The zero-order valence-electron chi connectivity index (χ0n) is 35.1. The zero-order chi connectivity index (χ0) is 42.3. The maximum absolute atomic E-state index is 13.9. The molecule has 0 radical (unpaired) electrons. The molecule has 15 nitrogen and oxygen atoms in total. The van der Waals surface area contributed by atoms with Crippen molar-refractivity contribution in [2.75, 3.05) is 56.7 Å². The molecular weight excluding hydrogens is 765 g/mol. The Morgan fingerprint density at radius 3 is 2.15 bits per heavy atom. The highest BCUT2D eigenvalue weighted by molar-refractivity contribution is 6.04. The number of carbonyl (C=O) groups excluding carboxylic acids is 4. The fourth-order valence-corrected chi connectivity index (χ4v) is 8.65. The van der Waals surface area contributed by atoms with E-state index in [-0.39, 0.29) is 47.6 Å². The van der Waals surface area contributed by atoms with Gasteiger partial charge in [-0.05, 0) is 65.6 Å². The molecule has 4 aromatic rings. The molecule has 5 heterocycles. The summed E-state index contributed by atoms with van der Waals surface area (Å²) in [6, 6.07) is 18.1. The van der Waals surface area contributed by atoms with E-state index in [9.17, 15) is 19.2 Å². The minimum atomic E-state index is -0.937. The van der Waals surface area contributed by atoms with Crippen molar-refractivity contribution in [2.24, 2.45) is 17.3 Å². The molecule has 4 aliphatic rings. The Morgan fingerprint density at radius 1 is 0.883 bits per heavy atom. The molecule has 3 aliphatic heterocycles. The number of hydrogen-bond acceptors (Lipinski definition) is 10. The van der Waals surface area contributed by atoms with Crippen LogP contribution in [0.1, 0.15) is 69.7 Å². The third-order valence-corrected chi connectivity index (χ3v) is 12.4. The predicted molar refractivity (Wildman–Crippen MR) is 225 cm³/mol. The lowest BCUT2D eigenvalue weighted by molar-refractivity contribution is -0.153. The van der Waals surface area contributed by atoms with E-state index in [1.54, 1.807) is 29.4 Å². The summed E-state index contributed by atoms with van der Waals surface area (Å²) in [6.45, 7) is 13.3. The van der Waals surface area contributed by atoms with Crippen molar-refractivity contribution in [1.82, 2.24) is 30.1 Å². The van der Waals surface area contributed by atoms with Crippen molar-refractivity contribution >= 4 is 35.3 Å². The number of pyridine rings is 1. The van der Waals surface area contributed by atoms with Gasteiger partial charge in [0.2, 0.25) is 11.8 Å². The number of nitrogens with one attached hydrogen (secondary N) is 3. The molecule has 1 aliphatic carbocycles. The standard InChI is InChI=1S/C45H54N8O7/c1-27(2)38(50-43(57)58-6)42(56)53-26-45(59-19-20-60-45)22-36(53)39-47-24-35(49-39)31-11-7-29(8-12-31)30-9-13-32(14-10-30)40(54)48-33-15-16-37(46-23-33)52-18-17-51(25-28(52)3)41(55)34-21-44(34,4)5/h7-16,23-24,27-28,34,36,38H,17-22,25-26H2,1-6H3,(H,47,49)(H,48,54)(H,50,57)/t28-,34?,36+,38+/m1/s1. The quantitative estimate of drug-likeness (QED) is 0.176. The largest absolute Gasteiger partial charge is 0.453 e. The van der Waals surface area contributed by atoms with Crippen LogP contribution in [-0.4, -0.2) is 113 Å². The molecule has 4 fully saturated rings. The normalized spacial score (nSPS) is 22.2. The summed E-state index contributed by atoms with van der Waals surface area (Å²) in [4.78, 5) is 70.9. The number of ether oxygens (including phenoxy) is 3. The Hall–Kier alpha value is -5.80. The van der Waals surface area contributed by atoms with Crippen LogP contribution < -0.4 is 15.5 Å². The first-order valence-corrected chi connectivity index (χ1v) is 20.8. The first-order valence-electron chi connectivity index (χ1n) is 20.8. The van der Waals surface area contributed by atoms with E-state index >= 15 is 0 Å². The molecule has 1 saturated carbocycles. The van der Waals surface area contributed by atoms with Crippen LogP contribution in [0.4, 0.5) is 16.3 Å². The van der Waals surface area contributed by atoms with E-state index in [1.807, 2.05) is 67.3 Å². The lowest BCUT2D eigenvalue weighted by Gasteiger charge is -2.41. The number of methoxy groups -OCH3 is 1. The highest BCUT2D eigenvalue weighted by Gasteiger charge is 2.53. The van der Waals surface area contributed by atoms with Gasteiger partial charge in [0.15, 0.2) is 5.79 Å². The van der Waals surface area contributed by atoms with Crippen molar-refractivity contribution in [3.63, 3.8) is 0 Å². The van der Waals surface area contributed by atoms with E-state index in [4.69, 9.17) is 19.2 Å². The minimum absolute atomic E-state index is 0.119. The number of nitrogens with zero attached hydrogens (tertiary/aromatic N) is 5. The minimum Gasteiger partial charge on any atom is -0.453 e. The summed E-state index contributed by atoms with van der Waals surface area (Å²) >= 11 is 0. The second-order valence-corrected chi connectivity index (χ2v) is 17.4. The first-order chi connectivity index (χ1) is 28.7. The average Bonchev–Trinajstić information content (AvgIpc) is 3.71. The van der Waals surface area contributed by atoms with E-state index in [2.05, 4.69) is 46.3 Å². The van der Waals surface area contributed by atoms with Crippen LogP contribution in [0.5, 0.6) is 0 Å². The number of benzene rings is 2. The molecule has 1 unspecified atom stereocenters. The van der Waals surface area contributed by atoms with Gasteiger partial charge in [0.05, 0.1) is 56.7 Å². The molecule has 1 spiro atoms. The number of piperazine rings is 1. The molecule has 3 saturated heterocycles. The summed E-state index contributed by atoms with van der Waals surface area (Å²) in [5.74, 6) is 0.197. The van der Waals surface area contributed by atoms with Crippen LogP contribution in [0.15, 0.2) is 73.1 Å². The van der Waals surface area contributed by atoms with Crippen LogP contribution in [-0.2, 0) is 23.8 Å². The fraction of sp³-hybridized carbons (Fsp3) is 0.467. The molecule has 60 heavy (non-hydrogen) atoms. The number of hydrogen-bond donors (Lipinski definition) is 3. The van der Waals surface area contributed by atoms with Gasteiger partial charge < -0.3 is 44.5 Å². The molecule has 316 valence electrons. The number of imidazole rings is 1. The van der Waals surface area contributed by atoms with Gasteiger partial charge in [-0.25, -0.2) is 14.8 Å². The Balaban J connectivity index is 0.881. The highest BCUT2D eigenvalue weighted by Crippen LogP contribution is 2.52. The van der Waals surface area contributed by atoms with Crippen molar-refractivity contribution in [2.45, 2.75) is 71.4 Å². The van der Waals surface area contributed by atoms with Gasteiger partial charge in [-0.1, -0.05) is 64.1 Å². The third-order valence-electron chi connectivity index (χ3n) is 12.4. The van der Waals surface area contributed by atoms with Crippen LogP contribution in [0.2, 0.25) is 0 Å². The lowest BCUT2D eigenvalue weighted by Crippen LogP contribution is -2.54. The highest BCUT2D eigenvalue weighted by atomic mass is 16.7. The number of carbonyl (C=O) groups is 4. The third kappa shape index (κ3) is 8.33. The number of amides is 4. The van der Waals surface area contributed by atoms with Gasteiger partial charge in [0.1, 0.15) is 17.7 Å². The molecule has 0 bridgehead atoms. The molecule has 4 atom stereocenters. The molecule has 4 amide bonds. The number of aromatic amines is 1. The molecule has 2 aromatic carbocycles. The Labute approximate surface area is 350 Å². The lowest BCUT2D eigenvalue weighted by atomic mass is 10.0. The van der Waals surface area contributed by atoms with E-state index < -0.39 is 24.0 Å². The SMILES string of the molecule is COC(=O)N[C@H](C(=O)N1CC2(C[C@H]1c1ncc(-c3ccc(-c4ccc(C(=O)Nc5ccc(N6CCN(C(=O)C7CC7(C)C)C[C@H]6C)nc5)cc4)cc3)[nH]1)OCCO2)C(C)C. The van der Waals surface area contributed by atoms with Gasteiger partial charge in [-0.3, -0.25) is 14.4 Å². The summed E-state index contributed by atoms with van der Waals surface area (Å²) in [7, 11) is 1.27. The van der Waals surface area contributed by atoms with Crippen LogP contribution in [0.25, 0.3) is 22.4 Å². The van der Waals surface area contributed by atoms with Gasteiger partial charge in [0, 0.05) is 43.6 Å². The second kappa shape index (κ2) is 16.3.